The third kappa shape index (κ3) is 4.55. The number of hydrogen-bond donors (Lipinski definition) is 2. The van der Waals surface area contributed by atoms with Crippen molar-refractivity contribution < 1.29 is 13.2 Å². The normalized spacial score (nSPS) is 11.1. The van der Waals surface area contributed by atoms with Crippen molar-refractivity contribution in [2.75, 3.05) is 17.6 Å². The fourth-order valence-electron chi connectivity index (χ4n) is 2.75. The summed E-state index contributed by atoms with van der Waals surface area (Å²) in [5, 5.41) is 3.15. The molecule has 144 valence electrons. The second-order valence-corrected chi connectivity index (χ2v) is 9.01. The van der Waals surface area contributed by atoms with E-state index in [4.69, 9.17) is 5.73 Å². The van der Waals surface area contributed by atoms with E-state index >= 15 is 0 Å². The molecule has 1 amide bonds. The zero-order valence-corrected chi connectivity index (χ0v) is 16.7. The molecular formula is C21H20N2O3S2. The maximum atomic E-state index is 13.2. The van der Waals surface area contributed by atoms with Crippen LogP contribution >= 0.6 is 11.8 Å². The highest BCUT2D eigenvalue weighted by Gasteiger charge is 2.26. The minimum absolute atomic E-state index is 0.0236. The smallest absolute Gasteiger partial charge is 0.250 e. The van der Waals surface area contributed by atoms with Gasteiger partial charge in [-0.2, -0.15) is 0 Å². The molecule has 0 spiro atoms. The van der Waals surface area contributed by atoms with Crippen molar-refractivity contribution >= 4 is 33.2 Å². The van der Waals surface area contributed by atoms with Crippen LogP contribution in [0.15, 0.2) is 93.5 Å². The van der Waals surface area contributed by atoms with Crippen LogP contribution in [0.4, 0.5) is 5.69 Å². The van der Waals surface area contributed by atoms with Gasteiger partial charge in [0.05, 0.1) is 16.1 Å². The lowest BCUT2D eigenvalue weighted by Crippen LogP contribution is -2.19. The summed E-state index contributed by atoms with van der Waals surface area (Å²) < 4.78 is 26.4. The Bertz CT molecular complexity index is 1050. The number of anilines is 1. The van der Waals surface area contributed by atoms with E-state index < -0.39 is 15.7 Å². The summed E-state index contributed by atoms with van der Waals surface area (Å²) >= 11 is 1.66. The topological polar surface area (TPSA) is 89.3 Å². The van der Waals surface area contributed by atoms with Crippen molar-refractivity contribution in [3.63, 3.8) is 0 Å². The van der Waals surface area contributed by atoms with Crippen LogP contribution in [0.1, 0.15) is 10.4 Å². The fourth-order valence-corrected chi connectivity index (χ4v) is 5.18. The second kappa shape index (κ2) is 8.95. The molecule has 5 nitrogen and oxygen atoms in total. The van der Waals surface area contributed by atoms with Crippen molar-refractivity contribution in [1.29, 1.82) is 0 Å². The lowest BCUT2D eigenvalue weighted by Gasteiger charge is -2.15. The van der Waals surface area contributed by atoms with Crippen LogP contribution in [0.25, 0.3) is 0 Å². The predicted molar refractivity (Wildman–Crippen MR) is 113 cm³/mol. The number of rotatable bonds is 8. The van der Waals surface area contributed by atoms with Crippen molar-refractivity contribution in [2.24, 2.45) is 5.73 Å². The maximum Gasteiger partial charge on any atom is 0.250 e. The number of carbonyl (C=O) groups is 1. The van der Waals surface area contributed by atoms with E-state index in [1.807, 2.05) is 30.3 Å². The number of sulfone groups is 1. The molecule has 0 bridgehead atoms. The maximum absolute atomic E-state index is 13.2. The molecule has 0 saturated carbocycles. The largest absolute Gasteiger partial charge is 0.383 e. The first-order valence-electron chi connectivity index (χ1n) is 8.65. The number of hydrogen-bond acceptors (Lipinski definition) is 5. The SMILES string of the molecule is NC(=O)c1cccc(NCCSc2ccccc2)c1S(=O)(=O)c1ccccc1. The average Bonchev–Trinajstić information content (AvgIpc) is 2.72. The molecule has 0 heterocycles. The third-order valence-corrected chi connectivity index (χ3v) is 6.92. The predicted octanol–water partition coefficient (Wildman–Crippen LogP) is 3.82. The molecule has 0 radical (unpaired) electrons. The van der Waals surface area contributed by atoms with E-state index in [0.717, 1.165) is 10.6 Å². The standard InChI is InChI=1S/C21H20N2O3S2/c22-21(24)18-12-7-13-19(23-14-15-27-16-8-3-1-4-9-16)20(18)28(25,26)17-10-5-2-6-11-17/h1-13,23H,14-15H2,(H2,22,24). The lowest BCUT2D eigenvalue weighted by molar-refractivity contribution is 0.0997. The van der Waals surface area contributed by atoms with Gasteiger partial charge in [0.25, 0.3) is 0 Å². The van der Waals surface area contributed by atoms with Gasteiger partial charge in [-0.1, -0.05) is 42.5 Å². The Balaban J connectivity index is 1.87. The molecule has 0 aliphatic carbocycles. The Kier molecular flexibility index (Phi) is 6.38. The van der Waals surface area contributed by atoms with E-state index in [0.29, 0.717) is 12.2 Å². The Labute approximate surface area is 168 Å². The van der Waals surface area contributed by atoms with Crippen molar-refractivity contribution in [1.82, 2.24) is 0 Å². The van der Waals surface area contributed by atoms with Gasteiger partial charge in [-0.15, -0.1) is 11.8 Å². The van der Waals surface area contributed by atoms with Crippen molar-refractivity contribution in [3.05, 3.63) is 84.4 Å². The summed E-state index contributed by atoms with van der Waals surface area (Å²) in [6, 6.07) is 22.7. The van der Waals surface area contributed by atoms with Crippen molar-refractivity contribution in [3.8, 4) is 0 Å². The molecule has 0 saturated heterocycles. The lowest BCUT2D eigenvalue weighted by atomic mass is 10.2. The van der Waals surface area contributed by atoms with Crippen LogP contribution in [0.5, 0.6) is 0 Å². The summed E-state index contributed by atoms with van der Waals surface area (Å²) in [6.45, 7) is 0.527. The molecule has 0 fully saturated rings. The minimum Gasteiger partial charge on any atom is -0.383 e. The summed E-state index contributed by atoms with van der Waals surface area (Å²) in [5.41, 5.74) is 5.80. The molecule has 0 atom stereocenters. The minimum atomic E-state index is -3.90. The molecule has 3 aromatic carbocycles. The first-order chi connectivity index (χ1) is 13.5. The highest BCUT2D eigenvalue weighted by atomic mass is 32.2. The number of nitrogens with two attached hydrogens (primary N) is 1. The highest BCUT2D eigenvalue weighted by Crippen LogP contribution is 2.31. The number of thioether (sulfide) groups is 1. The van der Waals surface area contributed by atoms with Gasteiger partial charge >= 0.3 is 0 Å². The Morgan fingerprint density at radius 2 is 1.54 bits per heavy atom. The Hall–Kier alpha value is -2.77. The molecule has 0 aliphatic heterocycles. The highest BCUT2D eigenvalue weighted by molar-refractivity contribution is 7.99. The van der Waals surface area contributed by atoms with E-state index in [2.05, 4.69) is 5.32 Å². The zero-order chi connectivity index (χ0) is 20.0. The van der Waals surface area contributed by atoms with Gasteiger partial charge in [-0.25, -0.2) is 8.42 Å². The summed E-state index contributed by atoms with van der Waals surface area (Å²) in [6.07, 6.45) is 0. The molecule has 0 aliphatic rings. The van der Waals surface area contributed by atoms with Crippen molar-refractivity contribution in [2.45, 2.75) is 14.7 Å². The fraction of sp³-hybridized carbons (Fsp3) is 0.0952. The van der Waals surface area contributed by atoms with Crippen LogP contribution < -0.4 is 11.1 Å². The average molecular weight is 413 g/mol. The van der Waals surface area contributed by atoms with Gasteiger partial charge in [0, 0.05) is 17.2 Å². The van der Waals surface area contributed by atoms with Crippen LogP contribution in [0, 0.1) is 0 Å². The number of carbonyl (C=O) groups excluding carboxylic acids is 1. The van der Waals surface area contributed by atoms with E-state index in [1.165, 1.54) is 18.2 Å². The summed E-state index contributed by atoms with van der Waals surface area (Å²) in [5.74, 6) is -0.0489. The number of amides is 1. The molecule has 3 rings (SSSR count). The number of nitrogens with one attached hydrogen (secondary N) is 1. The molecule has 3 aromatic rings. The van der Waals surface area contributed by atoms with Gasteiger partial charge < -0.3 is 11.1 Å². The molecule has 28 heavy (non-hydrogen) atoms. The zero-order valence-electron chi connectivity index (χ0n) is 15.0. The van der Waals surface area contributed by atoms with Gasteiger partial charge in [-0.3, -0.25) is 4.79 Å². The number of benzene rings is 3. The van der Waals surface area contributed by atoms with Gasteiger partial charge in [0.1, 0.15) is 4.90 Å². The third-order valence-electron chi connectivity index (χ3n) is 4.03. The first-order valence-corrected chi connectivity index (χ1v) is 11.1. The number of primary amides is 1. The van der Waals surface area contributed by atoms with Crippen LogP contribution in [0.2, 0.25) is 0 Å². The molecule has 3 N–H and O–H groups in total. The van der Waals surface area contributed by atoms with Crippen LogP contribution in [0.3, 0.4) is 0 Å². The summed E-state index contributed by atoms with van der Waals surface area (Å²) in [7, 11) is -3.90. The van der Waals surface area contributed by atoms with E-state index in [-0.39, 0.29) is 15.4 Å². The summed E-state index contributed by atoms with van der Waals surface area (Å²) in [4.78, 5) is 13.1. The van der Waals surface area contributed by atoms with Crippen LogP contribution in [-0.4, -0.2) is 26.6 Å². The van der Waals surface area contributed by atoms with Crippen LogP contribution in [-0.2, 0) is 9.84 Å². The van der Waals surface area contributed by atoms with Gasteiger partial charge in [0.2, 0.25) is 15.7 Å². The Morgan fingerprint density at radius 3 is 2.18 bits per heavy atom. The first kappa shape index (κ1) is 20.0. The molecular weight excluding hydrogens is 392 g/mol. The molecule has 0 unspecified atom stereocenters. The van der Waals surface area contributed by atoms with E-state index in [9.17, 15) is 13.2 Å². The molecule has 7 heteroatoms. The molecule has 0 aromatic heterocycles. The van der Waals surface area contributed by atoms with E-state index in [1.54, 1.807) is 42.1 Å². The Morgan fingerprint density at radius 1 is 0.893 bits per heavy atom. The second-order valence-electron chi connectivity index (χ2n) is 5.95. The van der Waals surface area contributed by atoms with Gasteiger partial charge in [0.15, 0.2) is 0 Å². The van der Waals surface area contributed by atoms with Gasteiger partial charge in [-0.05, 0) is 36.4 Å². The quantitative estimate of drug-likeness (QED) is 0.434. The monoisotopic (exact) mass is 412 g/mol.